The molecule has 1 N–H and O–H groups in total. The number of nitrogens with zero attached hydrogens (tertiary/aromatic N) is 1. The second-order valence-corrected chi connectivity index (χ2v) is 5.76. The Morgan fingerprint density at radius 3 is 2.48 bits per heavy atom. The molecule has 1 aromatic rings. The van der Waals surface area contributed by atoms with Gasteiger partial charge in [-0.15, -0.1) is 0 Å². The van der Waals surface area contributed by atoms with Crippen LogP contribution in [0.3, 0.4) is 0 Å². The molecule has 1 heterocycles. The van der Waals surface area contributed by atoms with Crippen molar-refractivity contribution in [1.82, 2.24) is 10.2 Å². The minimum absolute atomic E-state index is 0.0303. The molecule has 0 radical (unpaired) electrons. The molecule has 1 aliphatic rings. The number of carbonyl (C=O) groups excluding carboxylic acids is 2. The van der Waals surface area contributed by atoms with E-state index in [1.807, 2.05) is 24.3 Å². The number of nitrogens with one attached hydrogen (secondary N) is 1. The van der Waals surface area contributed by atoms with Crippen LogP contribution in [0.15, 0.2) is 24.3 Å². The lowest BCUT2D eigenvalue weighted by Crippen LogP contribution is -2.35. The van der Waals surface area contributed by atoms with E-state index >= 15 is 0 Å². The van der Waals surface area contributed by atoms with Gasteiger partial charge in [-0.1, -0.05) is 12.1 Å². The van der Waals surface area contributed by atoms with Crippen LogP contribution in [0.4, 0.5) is 0 Å². The Labute approximate surface area is 136 Å². The highest BCUT2D eigenvalue weighted by Crippen LogP contribution is 2.25. The molecule has 0 spiro atoms. The zero-order valence-electron chi connectivity index (χ0n) is 13.9. The van der Waals surface area contributed by atoms with Gasteiger partial charge in [0.25, 0.3) is 0 Å². The van der Waals surface area contributed by atoms with E-state index in [0.717, 1.165) is 11.3 Å². The monoisotopic (exact) mass is 320 g/mol. The third-order valence-electron chi connectivity index (χ3n) is 4.27. The van der Waals surface area contributed by atoms with Crippen molar-refractivity contribution in [3.63, 3.8) is 0 Å². The maximum atomic E-state index is 12.5. The summed E-state index contributed by atoms with van der Waals surface area (Å²) < 4.78 is 10.3. The lowest BCUT2D eigenvalue weighted by atomic mass is 9.96. The van der Waals surface area contributed by atoms with E-state index < -0.39 is 0 Å². The number of likely N-dealkylation sites (tertiary alicyclic amines) is 1. The molecule has 0 bridgehead atoms. The Morgan fingerprint density at radius 1 is 1.22 bits per heavy atom. The van der Waals surface area contributed by atoms with Crippen LogP contribution in [0.5, 0.6) is 5.75 Å². The maximum absolute atomic E-state index is 12.5. The van der Waals surface area contributed by atoms with Gasteiger partial charge in [-0.05, 0) is 17.7 Å². The number of methoxy groups -OCH3 is 2. The highest BCUT2D eigenvalue weighted by Gasteiger charge is 2.38. The SMILES string of the molecule is CNC(=O)C1CN(C(=O)Cc2ccc(OC)cc2)CC1COC. The Bertz CT molecular complexity index is 544. The van der Waals surface area contributed by atoms with Gasteiger partial charge in [-0.25, -0.2) is 0 Å². The Balaban J connectivity index is 2.00. The Hall–Kier alpha value is -2.08. The average Bonchev–Trinajstić information content (AvgIpc) is 2.99. The zero-order chi connectivity index (χ0) is 16.8. The quantitative estimate of drug-likeness (QED) is 0.838. The summed E-state index contributed by atoms with van der Waals surface area (Å²) in [5.74, 6) is 0.594. The number of benzene rings is 1. The second kappa shape index (κ2) is 7.97. The molecular formula is C17H24N2O4. The molecule has 2 amide bonds. The Morgan fingerprint density at radius 2 is 1.91 bits per heavy atom. The molecule has 2 rings (SSSR count). The Kier molecular flexibility index (Phi) is 5.98. The predicted octanol–water partition coefficient (Wildman–Crippen LogP) is 0.705. The first-order chi connectivity index (χ1) is 11.1. The number of ether oxygens (including phenoxy) is 2. The first-order valence-corrected chi connectivity index (χ1v) is 7.70. The molecule has 0 aliphatic carbocycles. The van der Waals surface area contributed by atoms with Crippen molar-refractivity contribution in [2.75, 3.05) is 41.0 Å². The largest absolute Gasteiger partial charge is 0.497 e. The summed E-state index contributed by atoms with van der Waals surface area (Å²) in [5.41, 5.74) is 0.933. The van der Waals surface area contributed by atoms with E-state index in [0.29, 0.717) is 26.1 Å². The molecular weight excluding hydrogens is 296 g/mol. The van der Waals surface area contributed by atoms with Gasteiger partial charge >= 0.3 is 0 Å². The second-order valence-electron chi connectivity index (χ2n) is 5.76. The van der Waals surface area contributed by atoms with Gasteiger partial charge in [0, 0.05) is 33.2 Å². The first kappa shape index (κ1) is 17.3. The van der Waals surface area contributed by atoms with Crippen molar-refractivity contribution in [2.45, 2.75) is 6.42 Å². The van der Waals surface area contributed by atoms with Crippen molar-refractivity contribution >= 4 is 11.8 Å². The van der Waals surface area contributed by atoms with Crippen molar-refractivity contribution in [3.05, 3.63) is 29.8 Å². The third kappa shape index (κ3) is 4.22. The van der Waals surface area contributed by atoms with Gasteiger partial charge in [-0.2, -0.15) is 0 Å². The van der Waals surface area contributed by atoms with Crippen LogP contribution in [0.1, 0.15) is 5.56 Å². The highest BCUT2D eigenvalue weighted by molar-refractivity contribution is 5.83. The van der Waals surface area contributed by atoms with E-state index in [-0.39, 0.29) is 23.7 Å². The van der Waals surface area contributed by atoms with Crippen LogP contribution in [0.2, 0.25) is 0 Å². The van der Waals surface area contributed by atoms with Crippen molar-refractivity contribution in [2.24, 2.45) is 11.8 Å². The van der Waals surface area contributed by atoms with Crippen LogP contribution in [-0.2, 0) is 20.7 Å². The number of amides is 2. The van der Waals surface area contributed by atoms with Gasteiger partial charge in [-0.3, -0.25) is 9.59 Å². The average molecular weight is 320 g/mol. The van der Waals surface area contributed by atoms with Gasteiger partial charge < -0.3 is 19.7 Å². The fourth-order valence-electron chi connectivity index (χ4n) is 2.97. The maximum Gasteiger partial charge on any atom is 0.227 e. The zero-order valence-corrected chi connectivity index (χ0v) is 13.9. The number of hydrogen-bond acceptors (Lipinski definition) is 4. The summed E-state index contributed by atoms with van der Waals surface area (Å²) in [4.78, 5) is 26.2. The van der Waals surface area contributed by atoms with Crippen molar-refractivity contribution < 1.29 is 19.1 Å². The lowest BCUT2D eigenvalue weighted by Gasteiger charge is -2.16. The number of hydrogen-bond donors (Lipinski definition) is 1. The first-order valence-electron chi connectivity index (χ1n) is 7.70. The fourth-order valence-corrected chi connectivity index (χ4v) is 2.97. The minimum atomic E-state index is -0.209. The molecule has 2 unspecified atom stereocenters. The van der Waals surface area contributed by atoms with E-state index in [1.54, 1.807) is 26.2 Å². The molecule has 1 aliphatic heterocycles. The van der Waals surface area contributed by atoms with E-state index in [2.05, 4.69) is 5.32 Å². The molecule has 6 heteroatoms. The molecule has 23 heavy (non-hydrogen) atoms. The molecule has 0 saturated carbocycles. The van der Waals surface area contributed by atoms with Crippen LogP contribution in [0.25, 0.3) is 0 Å². The highest BCUT2D eigenvalue weighted by atomic mass is 16.5. The van der Waals surface area contributed by atoms with Crippen LogP contribution in [0, 0.1) is 11.8 Å². The van der Waals surface area contributed by atoms with Crippen LogP contribution in [-0.4, -0.2) is 57.7 Å². The summed E-state index contributed by atoms with van der Waals surface area (Å²) >= 11 is 0. The molecule has 1 aromatic carbocycles. The standard InChI is InChI=1S/C17H24N2O4/c1-18-17(21)15-10-19(9-13(15)11-22-2)16(20)8-12-4-6-14(23-3)7-5-12/h4-7,13,15H,8-11H2,1-3H3,(H,18,21). The predicted molar refractivity (Wildman–Crippen MR) is 86.2 cm³/mol. The molecule has 6 nitrogen and oxygen atoms in total. The molecule has 126 valence electrons. The summed E-state index contributed by atoms with van der Waals surface area (Å²) in [6.07, 6.45) is 0.324. The third-order valence-corrected chi connectivity index (χ3v) is 4.27. The molecule has 1 fully saturated rings. The van der Waals surface area contributed by atoms with E-state index in [9.17, 15) is 9.59 Å². The van der Waals surface area contributed by atoms with Crippen LogP contribution < -0.4 is 10.1 Å². The summed E-state index contributed by atoms with van der Waals surface area (Å²) in [5, 5.41) is 2.67. The van der Waals surface area contributed by atoms with Crippen LogP contribution >= 0.6 is 0 Å². The number of carbonyl (C=O) groups is 2. The summed E-state index contributed by atoms with van der Waals surface area (Å²) in [6.45, 7) is 1.48. The lowest BCUT2D eigenvalue weighted by molar-refractivity contribution is -0.130. The summed E-state index contributed by atoms with van der Waals surface area (Å²) in [6, 6.07) is 7.45. The number of rotatable bonds is 6. The summed E-state index contributed by atoms with van der Waals surface area (Å²) in [7, 11) is 4.84. The normalized spacial score (nSPS) is 20.4. The van der Waals surface area contributed by atoms with Gasteiger partial charge in [0.2, 0.25) is 11.8 Å². The molecule has 1 saturated heterocycles. The van der Waals surface area contributed by atoms with Gasteiger partial charge in [0.1, 0.15) is 5.75 Å². The fraction of sp³-hybridized carbons (Fsp3) is 0.529. The smallest absolute Gasteiger partial charge is 0.227 e. The topological polar surface area (TPSA) is 67.9 Å². The van der Waals surface area contributed by atoms with Gasteiger partial charge in [0.05, 0.1) is 26.1 Å². The molecule has 0 aromatic heterocycles. The van der Waals surface area contributed by atoms with Gasteiger partial charge in [0.15, 0.2) is 0 Å². The van der Waals surface area contributed by atoms with E-state index in [1.165, 1.54) is 0 Å². The minimum Gasteiger partial charge on any atom is -0.497 e. The van der Waals surface area contributed by atoms with Crippen molar-refractivity contribution in [1.29, 1.82) is 0 Å². The van der Waals surface area contributed by atoms with E-state index in [4.69, 9.17) is 9.47 Å². The van der Waals surface area contributed by atoms with Crippen molar-refractivity contribution in [3.8, 4) is 5.75 Å². The molecule has 2 atom stereocenters.